The van der Waals surface area contributed by atoms with E-state index in [9.17, 15) is 9.18 Å². The average Bonchev–Trinajstić information content (AvgIpc) is 3.13. The van der Waals surface area contributed by atoms with Crippen LogP contribution in [0, 0.1) is 18.7 Å². The van der Waals surface area contributed by atoms with Crippen LogP contribution in [-0.4, -0.2) is 23.4 Å². The van der Waals surface area contributed by atoms with Gasteiger partial charge in [-0.3, -0.25) is 4.79 Å². The Labute approximate surface area is 125 Å². The molecule has 2 fully saturated rings. The number of nitrogen functional groups attached to an aromatic ring is 1. The molecule has 1 amide bonds. The molecule has 0 aromatic heterocycles. The minimum atomic E-state index is -0.394. The quantitative estimate of drug-likeness (QED) is 0.847. The van der Waals surface area contributed by atoms with Gasteiger partial charge in [-0.2, -0.15) is 0 Å². The number of amides is 1. The second kappa shape index (κ2) is 5.66. The SMILES string of the molecule is Cc1c(N)cc(C(=O)N2CCCC2C2CCCC2)cc1F. The number of nitrogens with zero attached hydrogens (tertiary/aromatic N) is 1. The topological polar surface area (TPSA) is 46.3 Å². The standard InChI is InChI=1S/C17H23FN2O/c1-11-14(18)9-13(10-15(11)19)17(21)20-8-4-7-16(20)12-5-2-3-6-12/h9-10,12,16H,2-8,19H2,1H3. The van der Waals surface area contributed by atoms with Gasteiger partial charge in [0.2, 0.25) is 0 Å². The smallest absolute Gasteiger partial charge is 0.254 e. The molecule has 4 heteroatoms. The summed E-state index contributed by atoms with van der Waals surface area (Å²) in [5, 5.41) is 0. The molecule has 114 valence electrons. The lowest BCUT2D eigenvalue weighted by Crippen LogP contribution is -2.39. The molecule has 1 aliphatic carbocycles. The van der Waals surface area contributed by atoms with Gasteiger partial charge in [0, 0.05) is 29.4 Å². The van der Waals surface area contributed by atoms with Crippen LogP contribution >= 0.6 is 0 Å². The van der Waals surface area contributed by atoms with E-state index in [0.717, 1.165) is 19.4 Å². The van der Waals surface area contributed by atoms with Crippen LogP contribution in [0.1, 0.15) is 54.4 Å². The van der Waals surface area contributed by atoms with Gasteiger partial charge in [-0.1, -0.05) is 12.8 Å². The fourth-order valence-electron chi connectivity index (χ4n) is 3.87. The molecule has 3 nitrogen and oxygen atoms in total. The highest BCUT2D eigenvalue weighted by molar-refractivity contribution is 5.95. The summed E-state index contributed by atoms with van der Waals surface area (Å²) in [4.78, 5) is 14.7. The molecule has 1 aromatic rings. The fourth-order valence-corrected chi connectivity index (χ4v) is 3.87. The molecular formula is C17H23FN2O. The van der Waals surface area contributed by atoms with Gasteiger partial charge in [0.25, 0.3) is 5.91 Å². The van der Waals surface area contributed by atoms with E-state index >= 15 is 0 Å². The second-order valence-corrected chi connectivity index (χ2v) is 6.42. The van der Waals surface area contributed by atoms with Gasteiger partial charge in [0.15, 0.2) is 0 Å². The Balaban J connectivity index is 1.83. The molecule has 1 unspecified atom stereocenters. The molecular weight excluding hydrogens is 267 g/mol. The molecule has 0 spiro atoms. The highest BCUT2D eigenvalue weighted by Crippen LogP contribution is 2.36. The van der Waals surface area contributed by atoms with Crippen LogP contribution in [0.5, 0.6) is 0 Å². The number of anilines is 1. The van der Waals surface area contributed by atoms with Crippen LogP contribution < -0.4 is 5.73 Å². The Morgan fingerprint density at radius 1 is 1.24 bits per heavy atom. The number of hydrogen-bond donors (Lipinski definition) is 1. The summed E-state index contributed by atoms with van der Waals surface area (Å²) in [6, 6.07) is 3.29. The van der Waals surface area contributed by atoms with Crippen molar-refractivity contribution in [2.45, 2.75) is 51.5 Å². The molecule has 1 saturated heterocycles. The predicted octanol–water partition coefficient (Wildman–Crippen LogP) is 3.51. The maximum atomic E-state index is 13.8. The summed E-state index contributed by atoms with van der Waals surface area (Å²) in [6.45, 7) is 2.42. The monoisotopic (exact) mass is 290 g/mol. The fraction of sp³-hybridized carbons (Fsp3) is 0.588. The minimum absolute atomic E-state index is 0.0602. The van der Waals surface area contributed by atoms with E-state index < -0.39 is 5.82 Å². The van der Waals surface area contributed by atoms with Crippen LogP contribution in [0.3, 0.4) is 0 Å². The second-order valence-electron chi connectivity index (χ2n) is 6.42. The largest absolute Gasteiger partial charge is 0.398 e. The minimum Gasteiger partial charge on any atom is -0.398 e. The Hall–Kier alpha value is -1.58. The number of carbonyl (C=O) groups is 1. The van der Waals surface area contributed by atoms with Crippen LogP contribution in [-0.2, 0) is 0 Å². The van der Waals surface area contributed by atoms with E-state index in [-0.39, 0.29) is 5.91 Å². The first-order valence-electron chi connectivity index (χ1n) is 7.94. The van der Waals surface area contributed by atoms with Crippen LogP contribution in [0.25, 0.3) is 0 Å². The van der Waals surface area contributed by atoms with Gasteiger partial charge >= 0.3 is 0 Å². The Kier molecular flexibility index (Phi) is 3.87. The van der Waals surface area contributed by atoms with Crippen molar-refractivity contribution in [2.75, 3.05) is 12.3 Å². The van der Waals surface area contributed by atoms with Crippen molar-refractivity contribution in [3.8, 4) is 0 Å². The van der Waals surface area contributed by atoms with Gasteiger partial charge in [0.05, 0.1) is 0 Å². The van der Waals surface area contributed by atoms with E-state index in [4.69, 9.17) is 5.73 Å². The number of halogens is 1. The van der Waals surface area contributed by atoms with Gasteiger partial charge in [0.1, 0.15) is 5.82 Å². The van der Waals surface area contributed by atoms with Gasteiger partial charge in [-0.25, -0.2) is 4.39 Å². The first-order valence-corrected chi connectivity index (χ1v) is 7.94. The van der Waals surface area contributed by atoms with Crippen molar-refractivity contribution in [3.63, 3.8) is 0 Å². The normalized spacial score (nSPS) is 23.0. The first-order chi connectivity index (χ1) is 10.1. The summed E-state index contributed by atoms with van der Waals surface area (Å²) < 4.78 is 13.8. The molecule has 2 aliphatic rings. The molecule has 1 aromatic carbocycles. The number of likely N-dealkylation sites (tertiary alicyclic amines) is 1. The summed E-state index contributed by atoms with van der Waals surface area (Å²) in [5.41, 5.74) is 6.97. The van der Waals surface area contributed by atoms with E-state index in [1.807, 2.05) is 4.90 Å². The molecule has 0 bridgehead atoms. The number of benzene rings is 1. The zero-order valence-corrected chi connectivity index (χ0v) is 12.6. The molecule has 3 rings (SSSR count). The van der Waals surface area contributed by atoms with Gasteiger partial charge in [-0.05, 0) is 50.7 Å². The summed E-state index contributed by atoms with van der Waals surface area (Å²) in [6.07, 6.45) is 7.12. The summed E-state index contributed by atoms with van der Waals surface area (Å²) >= 11 is 0. The number of carbonyl (C=O) groups excluding carboxylic acids is 1. The average molecular weight is 290 g/mol. The van der Waals surface area contributed by atoms with Crippen LogP contribution in [0.2, 0.25) is 0 Å². The predicted molar refractivity (Wildman–Crippen MR) is 81.6 cm³/mol. The highest BCUT2D eigenvalue weighted by Gasteiger charge is 2.36. The number of hydrogen-bond acceptors (Lipinski definition) is 2. The third-order valence-corrected chi connectivity index (χ3v) is 5.14. The molecule has 1 saturated carbocycles. The molecule has 1 aliphatic heterocycles. The molecule has 0 radical (unpaired) electrons. The van der Waals surface area contributed by atoms with Gasteiger partial charge in [-0.15, -0.1) is 0 Å². The van der Waals surface area contributed by atoms with E-state index in [1.165, 1.54) is 31.7 Å². The molecule has 21 heavy (non-hydrogen) atoms. The van der Waals surface area contributed by atoms with Crippen molar-refractivity contribution >= 4 is 11.6 Å². The third kappa shape index (κ3) is 2.63. The van der Waals surface area contributed by atoms with E-state index in [2.05, 4.69) is 0 Å². The van der Waals surface area contributed by atoms with E-state index in [0.29, 0.717) is 28.8 Å². The zero-order valence-electron chi connectivity index (χ0n) is 12.6. The maximum absolute atomic E-state index is 13.8. The Bertz CT molecular complexity index is 529. The lowest BCUT2D eigenvalue weighted by molar-refractivity contribution is 0.0688. The van der Waals surface area contributed by atoms with E-state index in [1.54, 1.807) is 13.0 Å². The lowest BCUT2D eigenvalue weighted by Gasteiger charge is -2.29. The molecule has 2 N–H and O–H groups in total. The van der Waals surface area contributed by atoms with Gasteiger partial charge < -0.3 is 10.6 Å². The molecule has 1 atom stereocenters. The van der Waals surface area contributed by atoms with Crippen LogP contribution in [0.4, 0.5) is 10.1 Å². The molecule has 1 heterocycles. The van der Waals surface area contributed by atoms with Crippen molar-refractivity contribution in [2.24, 2.45) is 5.92 Å². The summed E-state index contributed by atoms with van der Waals surface area (Å²) in [7, 11) is 0. The third-order valence-electron chi connectivity index (χ3n) is 5.14. The highest BCUT2D eigenvalue weighted by atomic mass is 19.1. The van der Waals surface area contributed by atoms with Crippen molar-refractivity contribution in [3.05, 3.63) is 29.1 Å². The maximum Gasteiger partial charge on any atom is 0.254 e. The lowest BCUT2D eigenvalue weighted by atomic mass is 9.95. The van der Waals surface area contributed by atoms with Crippen molar-refractivity contribution < 1.29 is 9.18 Å². The number of rotatable bonds is 2. The summed E-state index contributed by atoms with van der Waals surface area (Å²) in [5.74, 6) is 0.175. The van der Waals surface area contributed by atoms with Crippen LogP contribution in [0.15, 0.2) is 12.1 Å². The Morgan fingerprint density at radius 2 is 1.95 bits per heavy atom. The zero-order chi connectivity index (χ0) is 15.0. The Morgan fingerprint density at radius 3 is 2.62 bits per heavy atom. The first kappa shape index (κ1) is 14.4. The van der Waals surface area contributed by atoms with Crippen molar-refractivity contribution in [1.29, 1.82) is 0 Å². The number of nitrogens with two attached hydrogens (primary N) is 1. The van der Waals surface area contributed by atoms with Crippen molar-refractivity contribution in [1.82, 2.24) is 4.90 Å².